The maximum absolute atomic E-state index is 6.16. The van der Waals surface area contributed by atoms with Crippen LogP contribution in [0.25, 0.3) is 0 Å². The fraction of sp³-hybridized carbons (Fsp3) is 0.889. The minimum absolute atomic E-state index is 0.677. The Balaban J connectivity index is 2.23. The predicted octanol–water partition coefficient (Wildman–Crippen LogP) is 1.48. The Kier molecular flexibility index (Phi) is 2.03. The van der Waals surface area contributed by atoms with Crippen LogP contribution in [0, 0.1) is 0 Å². The van der Waals surface area contributed by atoms with Crippen molar-refractivity contribution in [1.29, 1.82) is 0 Å². The first-order valence-electron chi connectivity index (χ1n) is 4.70. The van der Waals surface area contributed by atoms with Gasteiger partial charge in [0.1, 0.15) is 12.1 Å². The van der Waals surface area contributed by atoms with E-state index in [4.69, 9.17) is 11.6 Å². The van der Waals surface area contributed by atoms with E-state index in [0.29, 0.717) is 12.1 Å². The van der Waals surface area contributed by atoms with Crippen molar-refractivity contribution in [2.45, 2.75) is 37.8 Å². The van der Waals surface area contributed by atoms with E-state index in [-0.39, 0.29) is 0 Å². The monoisotopic (exact) mass is 187 g/mol. The highest BCUT2D eigenvalue weighted by Crippen LogP contribution is 2.29. The van der Waals surface area contributed by atoms with Gasteiger partial charge >= 0.3 is 5.29 Å². The van der Waals surface area contributed by atoms with E-state index in [1.807, 2.05) is 0 Å². The molecule has 0 amide bonds. The topological polar surface area (TPSA) is 6.25 Å². The lowest BCUT2D eigenvalue weighted by molar-refractivity contribution is -0.532. The van der Waals surface area contributed by atoms with Crippen LogP contribution < -0.4 is 0 Å². The zero-order chi connectivity index (χ0) is 8.72. The van der Waals surface area contributed by atoms with Gasteiger partial charge in [0.15, 0.2) is 0 Å². The van der Waals surface area contributed by atoms with Crippen molar-refractivity contribution in [3.63, 3.8) is 0 Å². The molecule has 0 aromatic heterocycles. The molecule has 0 bridgehead atoms. The zero-order valence-corrected chi connectivity index (χ0v) is 8.51. The summed E-state index contributed by atoms with van der Waals surface area (Å²) in [5, 5.41) is 0.923. The Morgan fingerprint density at radius 3 is 2.75 bits per heavy atom. The highest BCUT2D eigenvalue weighted by atomic mass is 35.5. The second kappa shape index (κ2) is 2.91. The number of hydrogen-bond acceptors (Lipinski definition) is 1. The number of hydrogen-bond donors (Lipinski definition) is 0. The first-order valence-corrected chi connectivity index (χ1v) is 5.07. The summed E-state index contributed by atoms with van der Waals surface area (Å²) in [5.74, 6) is 0. The van der Waals surface area contributed by atoms with Crippen molar-refractivity contribution < 1.29 is 4.58 Å². The van der Waals surface area contributed by atoms with Crippen LogP contribution in [0.4, 0.5) is 0 Å². The van der Waals surface area contributed by atoms with Crippen molar-refractivity contribution in [2.24, 2.45) is 0 Å². The molecular weight excluding hydrogens is 172 g/mol. The van der Waals surface area contributed by atoms with Crippen LogP contribution in [-0.4, -0.2) is 40.9 Å². The third-order valence-electron chi connectivity index (χ3n) is 3.27. The average Bonchev–Trinajstić information content (AvgIpc) is 2.33. The van der Waals surface area contributed by atoms with E-state index in [0.717, 1.165) is 5.29 Å². The van der Waals surface area contributed by atoms with Gasteiger partial charge in [0.2, 0.25) is 0 Å². The lowest BCUT2D eigenvalue weighted by atomic mass is 9.90. The van der Waals surface area contributed by atoms with Crippen molar-refractivity contribution >= 4 is 16.9 Å². The van der Waals surface area contributed by atoms with Gasteiger partial charge in [-0.1, -0.05) is 0 Å². The maximum atomic E-state index is 6.16. The lowest BCUT2D eigenvalue weighted by Gasteiger charge is -2.24. The van der Waals surface area contributed by atoms with E-state index >= 15 is 0 Å². The summed E-state index contributed by atoms with van der Waals surface area (Å²) in [6.07, 6.45) is 5.34. The van der Waals surface area contributed by atoms with Crippen LogP contribution >= 0.6 is 11.6 Å². The van der Waals surface area contributed by atoms with E-state index in [1.165, 1.54) is 25.7 Å². The molecule has 0 aromatic carbocycles. The molecule has 0 spiro atoms. The molecule has 1 aliphatic carbocycles. The van der Waals surface area contributed by atoms with Crippen molar-refractivity contribution in [3.8, 4) is 0 Å². The van der Waals surface area contributed by atoms with Gasteiger partial charge in [0.25, 0.3) is 0 Å². The van der Waals surface area contributed by atoms with Gasteiger partial charge in [0.05, 0.1) is 14.1 Å². The molecule has 68 valence electrons. The SMILES string of the molecule is CN1C(Cl)=[N+](C)[C@@H]2CCCC[C@@H]21. The summed E-state index contributed by atoms with van der Waals surface area (Å²) in [5.41, 5.74) is 0. The minimum atomic E-state index is 0.677. The van der Waals surface area contributed by atoms with E-state index in [2.05, 4.69) is 23.6 Å². The van der Waals surface area contributed by atoms with Crippen LogP contribution in [-0.2, 0) is 0 Å². The van der Waals surface area contributed by atoms with E-state index < -0.39 is 0 Å². The summed E-state index contributed by atoms with van der Waals surface area (Å²) < 4.78 is 2.23. The normalized spacial score (nSPS) is 35.8. The van der Waals surface area contributed by atoms with Gasteiger partial charge in [-0.25, -0.2) is 9.48 Å². The second-order valence-electron chi connectivity index (χ2n) is 3.91. The van der Waals surface area contributed by atoms with Gasteiger partial charge in [-0.05, 0) is 25.7 Å². The summed E-state index contributed by atoms with van der Waals surface area (Å²) in [6, 6.07) is 1.35. The molecule has 0 unspecified atom stereocenters. The van der Waals surface area contributed by atoms with E-state index in [9.17, 15) is 0 Å². The summed E-state index contributed by atoms with van der Waals surface area (Å²) in [4.78, 5) is 2.23. The van der Waals surface area contributed by atoms with Crippen LogP contribution in [0.15, 0.2) is 0 Å². The molecule has 2 nitrogen and oxygen atoms in total. The molecule has 12 heavy (non-hydrogen) atoms. The Bertz CT molecular complexity index is 225. The summed E-state index contributed by atoms with van der Waals surface area (Å²) >= 11 is 6.16. The number of halogens is 1. The maximum Gasteiger partial charge on any atom is 0.345 e. The Labute approximate surface area is 78.8 Å². The number of likely N-dealkylation sites (N-methyl/N-ethyl adjacent to an activating group) is 2. The fourth-order valence-electron chi connectivity index (χ4n) is 2.52. The number of amidine groups is 1. The molecule has 0 radical (unpaired) electrons. The summed E-state index contributed by atoms with van der Waals surface area (Å²) in [6.45, 7) is 0. The molecule has 1 saturated carbocycles. The minimum Gasteiger partial charge on any atom is -0.247 e. The second-order valence-corrected chi connectivity index (χ2v) is 4.25. The zero-order valence-electron chi connectivity index (χ0n) is 7.76. The molecular formula is C9H16ClN2+. The van der Waals surface area contributed by atoms with Crippen molar-refractivity contribution in [1.82, 2.24) is 4.90 Å². The fourth-order valence-corrected chi connectivity index (χ4v) is 2.77. The molecule has 0 N–H and O–H groups in total. The smallest absolute Gasteiger partial charge is 0.247 e. The molecule has 0 saturated heterocycles. The molecule has 0 aromatic rings. The van der Waals surface area contributed by atoms with Crippen molar-refractivity contribution in [2.75, 3.05) is 14.1 Å². The highest BCUT2D eigenvalue weighted by Gasteiger charge is 2.44. The first-order chi connectivity index (χ1) is 5.72. The number of fused-ring (bicyclic) bond motifs is 1. The van der Waals surface area contributed by atoms with Crippen LogP contribution in [0.2, 0.25) is 0 Å². The van der Waals surface area contributed by atoms with Gasteiger partial charge < -0.3 is 0 Å². The molecule has 2 rings (SSSR count). The van der Waals surface area contributed by atoms with Gasteiger partial charge in [-0.2, -0.15) is 0 Å². The third-order valence-corrected chi connectivity index (χ3v) is 3.80. The van der Waals surface area contributed by atoms with Gasteiger partial charge in [0, 0.05) is 11.6 Å². The van der Waals surface area contributed by atoms with Crippen molar-refractivity contribution in [3.05, 3.63) is 0 Å². The first kappa shape index (κ1) is 8.36. The molecule has 1 heterocycles. The molecule has 1 aliphatic heterocycles. The Hall–Kier alpha value is -0.240. The summed E-state index contributed by atoms with van der Waals surface area (Å²) in [7, 11) is 4.21. The third kappa shape index (κ3) is 1.05. The Morgan fingerprint density at radius 2 is 2.08 bits per heavy atom. The average molecular weight is 188 g/mol. The van der Waals surface area contributed by atoms with Crippen LogP contribution in [0.5, 0.6) is 0 Å². The predicted molar refractivity (Wildman–Crippen MR) is 50.9 cm³/mol. The number of rotatable bonds is 0. The standard InChI is InChI=1S/C9H16ClN2/c1-11-7-5-3-4-6-8(7)12(2)9(11)10/h7-8H,3-6H2,1-2H3/q+1/t7-,8+. The quantitative estimate of drug-likeness (QED) is 0.411. The van der Waals surface area contributed by atoms with E-state index in [1.54, 1.807) is 0 Å². The molecule has 3 heteroatoms. The number of nitrogens with zero attached hydrogens (tertiary/aromatic N) is 2. The lowest BCUT2D eigenvalue weighted by Crippen LogP contribution is -2.39. The van der Waals surface area contributed by atoms with Crippen LogP contribution in [0.3, 0.4) is 0 Å². The molecule has 2 aliphatic rings. The highest BCUT2D eigenvalue weighted by molar-refractivity contribution is 6.63. The molecule has 2 atom stereocenters. The molecule has 1 fully saturated rings. The van der Waals surface area contributed by atoms with Gasteiger partial charge in [-0.3, -0.25) is 0 Å². The van der Waals surface area contributed by atoms with Gasteiger partial charge in [-0.15, -0.1) is 0 Å². The van der Waals surface area contributed by atoms with Crippen LogP contribution in [0.1, 0.15) is 25.7 Å². The Morgan fingerprint density at radius 1 is 1.42 bits per heavy atom. The largest absolute Gasteiger partial charge is 0.345 e.